The number of rotatable bonds is 11. The highest BCUT2D eigenvalue weighted by Gasteiger charge is 2.24. The Kier molecular flexibility index (Phi) is 10.1. The van der Waals surface area contributed by atoms with Crippen LogP contribution in [0.1, 0.15) is 27.9 Å². The largest absolute Gasteiger partial charge is 0.487 e. The maximum absolute atomic E-state index is 13.8. The van der Waals surface area contributed by atoms with Gasteiger partial charge in [-0.05, 0) is 101 Å². The Morgan fingerprint density at radius 3 is 2.40 bits per heavy atom. The second-order valence-corrected chi connectivity index (χ2v) is 11.0. The van der Waals surface area contributed by atoms with Crippen LogP contribution in [-0.4, -0.2) is 40.0 Å². The maximum atomic E-state index is 13.8. The topological polar surface area (TPSA) is 88.5 Å². The summed E-state index contributed by atoms with van der Waals surface area (Å²) in [5, 5.41) is 13.4. The summed E-state index contributed by atoms with van der Waals surface area (Å²) in [6.45, 7) is 2.14. The fourth-order valence-corrected chi connectivity index (χ4v) is 5.35. The van der Waals surface area contributed by atoms with Gasteiger partial charge in [-0.15, -0.1) is 0 Å². The van der Waals surface area contributed by atoms with Gasteiger partial charge in [0.25, 0.3) is 5.91 Å². The first-order valence-electron chi connectivity index (χ1n) is 12.5. The molecule has 4 aromatic rings. The normalized spacial score (nSPS) is 11.6. The van der Waals surface area contributed by atoms with Gasteiger partial charge in [-0.2, -0.15) is 11.8 Å². The summed E-state index contributed by atoms with van der Waals surface area (Å²) in [6.07, 6.45) is 5.49. The lowest BCUT2D eigenvalue weighted by molar-refractivity contribution is -0.139. The number of nitrogens with one attached hydrogen (secondary N) is 1. The monoisotopic (exact) mass is 594 g/mol. The SMILES string of the molecule is CSCC[C@H](NC(=O)c1cc(-c2cc(Cl)cc(Cl)c2)c(COc2cccnc2)cc1-c1ccccc1C)C(=O)O. The van der Waals surface area contributed by atoms with Crippen molar-refractivity contribution in [3.8, 4) is 28.0 Å². The molecule has 2 N–H and O–H groups in total. The van der Waals surface area contributed by atoms with Gasteiger partial charge in [0, 0.05) is 21.8 Å². The Labute approximate surface area is 247 Å². The third-order valence-electron chi connectivity index (χ3n) is 6.34. The van der Waals surface area contributed by atoms with Crippen molar-refractivity contribution in [2.45, 2.75) is 26.0 Å². The number of carboxylic acid groups (broad SMARTS) is 1. The molecule has 0 unspecified atom stereocenters. The molecular formula is C31H28Cl2N2O4S. The Morgan fingerprint density at radius 1 is 1.00 bits per heavy atom. The fraction of sp³-hybridized carbons (Fsp3) is 0.194. The van der Waals surface area contributed by atoms with E-state index in [-0.39, 0.29) is 6.61 Å². The Bertz CT molecular complexity index is 1490. The van der Waals surface area contributed by atoms with Gasteiger partial charge in [-0.3, -0.25) is 9.78 Å². The first kappa shape index (κ1) is 29.5. The van der Waals surface area contributed by atoms with Crippen LogP contribution in [0.3, 0.4) is 0 Å². The molecule has 1 heterocycles. The highest BCUT2D eigenvalue weighted by molar-refractivity contribution is 7.98. The first-order chi connectivity index (χ1) is 19.3. The number of thioether (sulfide) groups is 1. The van der Waals surface area contributed by atoms with Crippen molar-refractivity contribution in [1.29, 1.82) is 0 Å². The molecule has 0 radical (unpaired) electrons. The van der Waals surface area contributed by atoms with Crippen molar-refractivity contribution in [2.75, 3.05) is 12.0 Å². The molecule has 1 aromatic heterocycles. The van der Waals surface area contributed by atoms with Crippen molar-refractivity contribution >= 4 is 46.8 Å². The molecule has 206 valence electrons. The van der Waals surface area contributed by atoms with Gasteiger partial charge in [0.15, 0.2) is 0 Å². The molecule has 0 aliphatic heterocycles. The molecule has 40 heavy (non-hydrogen) atoms. The van der Waals surface area contributed by atoms with Crippen LogP contribution in [0.15, 0.2) is 79.1 Å². The number of benzene rings is 3. The summed E-state index contributed by atoms with van der Waals surface area (Å²) in [4.78, 5) is 29.8. The summed E-state index contributed by atoms with van der Waals surface area (Å²) in [5.41, 5.74) is 4.98. The Morgan fingerprint density at radius 2 is 1.75 bits per heavy atom. The van der Waals surface area contributed by atoms with Gasteiger partial charge in [0.1, 0.15) is 18.4 Å². The van der Waals surface area contributed by atoms with Crippen LogP contribution < -0.4 is 10.1 Å². The summed E-state index contributed by atoms with van der Waals surface area (Å²) < 4.78 is 6.07. The van der Waals surface area contributed by atoms with Crippen molar-refractivity contribution in [3.05, 3.63) is 106 Å². The van der Waals surface area contributed by atoms with Crippen LogP contribution >= 0.6 is 35.0 Å². The molecule has 6 nitrogen and oxygen atoms in total. The number of carbonyl (C=O) groups excluding carboxylic acids is 1. The predicted molar refractivity (Wildman–Crippen MR) is 163 cm³/mol. The zero-order valence-corrected chi connectivity index (χ0v) is 24.3. The van der Waals surface area contributed by atoms with E-state index < -0.39 is 17.9 Å². The number of ether oxygens (including phenoxy) is 1. The van der Waals surface area contributed by atoms with Crippen LogP contribution in [0.25, 0.3) is 22.3 Å². The molecule has 0 fully saturated rings. The molecule has 0 spiro atoms. The summed E-state index contributed by atoms with van der Waals surface area (Å²) in [5.74, 6) is -0.377. The molecule has 4 rings (SSSR count). The molecule has 0 saturated heterocycles. The van der Waals surface area contributed by atoms with E-state index in [0.717, 1.165) is 16.7 Å². The molecule has 3 aromatic carbocycles. The van der Waals surface area contributed by atoms with Crippen LogP contribution in [0.2, 0.25) is 10.0 Å². The molecule has 1 atom stereocenters. The first-order valence-corrected chi connectivity index (χ1v) is 14.7. The minimum absolute atomic E-state index is 0.178. The van der Waals surface area contributed by atoms with Crippen LogP contribution in [0.4, 0.5) is 0 Å². The fourth-order valence-electron chi connectivity index (χ4n) is 4.35. The van der Waals surface area contributed by atoms with Crippen LogP contribution in [-0.2, 0) is 11.4 Å². The number of carbonyl (C=O) groups is 2. The Balaban J connectivity index is 1.89. The highest BCUT2D eigenvalue weighted by Crippen LogP contribution is 2.36. The number of aryl methyl sites for hydroxylation is 1. The number of carboxylic acids is 1. The zero-order chi connectivity index (χ0) is 28.6. The van der Waals surface area contributed by atoms with E-state index in [1.54, 1.807) is 42.7 Å². The van der Waals surface area contributed by atoms with E-state index in [1.807, 2.05) is 49.6 Å². The third kappa shape index (κ3) is 7.36. The van der Waals surface area contributed by atoms with E-state index in [2.05, 4.69) is 10.3 Å². The summed E-state index contributed by atoms with van der Waals surface area (Å²) >= 11 is 14.2. The number of amides is 1. The van der Waals surface area contributed by atoms with Gasteiger partial charge in [-0.1, -0.05) is 47.5 Å². The van der Waals surface area contributed by atoms with Gasteiger partial charge in [0.2, 0.25) is 0 Å². The molecule has 1 amide bonds. The van der Waals surface area contributed by atoms with Crippen LogP contribution in [0.5, 0.6) is 5.75 Å². The van der Waals surface area contributed by atoms with Crippen molar-refractivity contribution in [2.24, 2.45) is 0 Å². The van der Waals surface area contributed by atoms with Crippen LogP contribution in [0, 0.1) is 6.92 Å². The zero-order valence-electron chi connectivity index (χ0n) is 22.0. The van der Waals surface area contributed by atoms with E-state index in [4.69, 9.17) is 27.9 Å². The minimum atomic E-state index is -1.08. The number of hydrogen-bond acceptors (Lipinski definition) is 5. The van der Waals surface area contributed by atoms with E-state index in [0.29, 0.717) is 50.2 Å². The smallest absolute Gasteiger partial charge is 0.326 e. The van der Waals surface area contributed by atoms with E-state index in [9.17, 15) is 14.7 Å². The standard InChI is InChI=1S/C31H28Cl2N2O4S/c1-19-6-3-4-8-25(19)27-14-21(18-39-24-7-5-10-34-17-24)26(20-12-22(32)15-23(33)13-20)16-28(27)30(36)35-29(31(37)38)9-11-40-2/h3-8,10,12-17,29H,9,11,18H2,1-2H3,(H,35,36)(H,37,38)/t29-/m0/s1. The predicted octanol–water partition coefficient (Wildman–Crippen LogP) is 7.55. The molecule has 0 aliphatic rings. The lowest BCUT2D eigenvalue weighted by atomic mass is 9.89. The summed E-state index contributed by atoms with van der Waals surface area (Å²) in [7, 11) is 0. The number of aliphatic carboxylic acids is 1. The highest BCUT2D eigenvalue weighted by atomic mass is 35.5. The molecule has 0 saturated carbocycles. The number of halogens is 2. The number of pyridine rings is 1. The maximum Gasteiger partial charge on any atom is 0.326 e. The lowest BCUT2D eigenvalue weighted by Crippen LogP contribution is -2.41. The molecule has 0 bridgehead atoms. The second-order valence-electron chi connectivity index (χ2n) is 9.15. The van der Waals surface area contributed by atoms with Crippen molar-refractivity contribution < 1.29 is 19.4 Å². The van der Waals surface area contributed by atoms with E-state index >= 15 is 0 Å². The average Bonchev–Trinajstić information content (AvgIpc) is 2.93. The minimum Gasteiger partial charge on any atom is -0.487 e. The Hall–Kier alpha value is -3.52. The number of hydrogen-bond donors (Lipinski definition) is 2. The second kappa shape index (κ2) is 13.7. The van der Waals surface area contributed by atoms with Gasteiger partial charge >= 0.3 is 5.97 Å². The quantitative estimate of drug-likeness (QED) is 0.186. The molecule has 0 aliphatic carbocycles. The van der Waals surface area contributed by atoms with E-state index in [1.165, 1.54) is 11.8 Å². The van der Waals surface area contributed by atoms with Gasteiger partial charge in [0.05, 0.1) is 6.20 Å². The summed E-state index contributed by atoms with van der Waals surface area (Å²) in [6, 6.07) is 19.1. The van der Waals surface area contributed by atoms with Crippen molar-refractivity contribution in [1.82, 2.24) is 10.3 Å². The third-order valence-corrected chi connectivity index (χ3v) is 7.42. The van der Waals surface area contributed by atoms with Gasteiger partial charge < -0.3 is 15.2 Å². The average molecular weight is 596 g/mol. The lowest BCUT2D eigenvalue weighted by Gasteiger charge is -2.20. The van der Waals surface area contributed by atoms with Crippen molar-refractivity contribution in [3.63, 3.8) is 0 Å². The number of aromatic nitrogens is 1. The molecule has 9 heteroatoms. The number of nitrogens with zero attached hydrogens (tertiary/aromatic N) is 1. The molecular weight excluding hydrogens is 567 g/mol. The van der Waals surface area contributed by atoms with Gasteiger partial charge in [-0.25, -0.2) is 4.79 Å².